The third-order valence-corrected chi connectivity index (χ3v) is 3.53. The zero-order chi connectivity index (χ0) is 10.9. The normalized spacial score (nSPS) is 10.5. The number of aryl methyl sites for hydroxylation is 1. The molecule has 0 saturated carbocycles. The number of hydrogen-bond acceptors (Lipinski definition) is 2. The number of nitrogen functional groups attached to an aromatic ring is 1. The fraction of sp³-hybridized carbons (Fsp3) is 0.538. The fourth-order valence-corrected chi connectivity index (χ4v) is 2.48. The molecule has 0 unspecified atom stereocenters. The van der Waals surface area contributed by atoms with E-state index in [-0.39, 0.29) is 0 Å². The van der Waals surface area contributed by atoms with Crippen molar-refractivity contribution in [2.75, 3.05) is 17.2 Å². The molecule has 0 aliphatic carbocycles. The smallest absolute Gasteiger partial charge is 0.0346 e. The summed E-state index contributed by atoms with van der Waals surface area (Å²) in [6, 6.07) is 8.17. The Morgan fingerprint density at radius 2 is 1.93 bits per heavy atom. The third-order valence-electron chi connectivity index (χ3n) is 2.46. The zero-order valence-corrected chi connectivity index (χ0v) is 10.4. The van der Waals surface area contributed by atoms with Gasteiger partial charge in [0.2, 0.25) is 0 Å². The molecule has 1 aromatic rings. The average molecular weight is 223 g/mol. The first-order chi connectivity index (χ1) is 7.34. The molecule has 1 rings (SSSR count). The van der Waals surface area contributed by atoms with Crippen LogP contribution < -0.4 is 5.73 Å². The highest BCUT2D eigenvalue weighted by Gasteiger charge is 1.97. The van der Waals surface area contributed by atoms with E-state index in [9.17, 15) is 0 Å². The first kappa shape index (κ1) is 12.4. The summed E-state index contributed by atoms with van der Waals surface area (Å²) in [6.07, 6.45) is 5.13. The van der Waals surface area contributed by atoms with Crippen LogP contribution in [0.4, 0.5) is 5.69 Å². The van der Waals surface area contributed by atoms with Crippen LogP contribution >= 0.6 is 11.8 Å². The van der Waals surface area contributed by atoms with Crippen LogP contribution in [0.2, 0.25) is 0 Å². The van der Waals surface area contributed by atoms with Crippen LogP contribution in [-0.2, 0) is 6.42 Å². The maximum absolute atomic E-state index is 5.87. The second-order valence-electron chi connectivity index (χ2n) is 3.77. The van der Waals surface area contributed by atoms with Gasteiger partial charge in [-0.05, 0) is 36.0 Å². The maximum Gasteiger partial charge on any atom is 0.0346 e. The van der Waals surface area contributed by atoms with Crippen LogP contribution in [0.15, 0.2) is 24.3 Å². The third kappa shape index (κ3) is 5.12. The van der Waals surface area contributed by atoms with Crippen LogP contribution in [0.5, 0.6) is 0 Å². The zero-order valence-electron chi connectivity index (χ0n) is 9.54. The first-order valence-electron chi connectivity index (χ1n) is 5.75. The summed E-state index contributed by atoms with van der Waals surface area (Å²) in [6.45, 7) is 2.25. The Morgan fingerprint density at radius 3 is 2.67 bits per heavy atom. The predicted octanol–water partition coefficient (Wildman–Crippen LogP) is 3.73. The monoisotopic (exact) mass is 223 g/mol. The number of nitrogens with two attached hydrogens (primary N) is 1. The van der Waals surface area contributed by atoms with Crippen LogP contribution in [0, 0.1) is 0 Å². The molecule has 0 fully saturated rings. The minimum Gasteiger partial charge on any atom is -0.399 e. The number of rotatable bonds is 7. The van der Waals surface area contributed by atoms with Gasteiger partial charge >= 0.3 is 0 Å². The van der Waals surface area contributed by atoms with Crippen molar-refractivity contribution >= 4 is 17.4 Å². The maximum atomic E-state index is 5.87. The Morgan fingerprint density at radius 1 is 1.13 bits per heavy atom. The number of unbranched alkanes of at least 4 members (excludes halogenated alkanes) is 2. The van der Waals surface area contributed by atoms with E-state index in [2.05, 4.69) is 19.1 Å². The average Bonchev–Trinajstić information content (AvgIpc) is 2.25. The van der Waals surface area contributed by atoms with Crippen molar-refractivity contribution in [3.05, 3.63) is 29.8 Å². The first-order valence-corrected chi connectivity index (χ1v) is 6.91. The lowest BCUT2D eigenvalue weighted by atomic mass is 10.1. The lowest BCUT2D eigenvalue weighted by molar-refractivity contribution is 0.778. The molecule has 0 atom stereocenters. The van der Waals surface area contributed by atoms with Crippen molar-refractivity contribution < 1.29 is 0 Å². The summed E-state index contributed by atoms with van der Waals surface area (Å²) >= 11 is 2.04. The Labute approximate surface area is 97.4 Å². The lowest BCUT2D eigenvalue weighted by Crippen LogP contribution is -1.96. The van der Waals surface area contributed by atoms with Crippen molar-refractivity contribution in [1.82, 2.24) is 0 Å². The Bertz CT molecular complexity index is 273. The van der Waals surface area contributed by atoms with Gasteiger partial charge in [-0.3, -0.25) is 0 Å². The van der Waals surface area contributed by atoms with Gasteiger partial charge in [0.25, 0.3) is 0 Å². The summed E-state index contributed by atoms with van der Waals surface area (Å²) in [5.74, 6) is 2.48. The molecular weight excluding hydrogens is 202 g/mol. The van der Waals surface area contributed by atoms with Gasteiger partial charge < -0.3 is 5.73 Å². The molecule has 0 radical (unpaired) electrons. The van der Waals surface area contributed by atoms with Gasteiger partial charge in [0.15, 0.2) is 0 Å². The molecule has 1 nitrogen and oxygen atoms in total. The molecule has 0 saturated heterocycles. The highest BCUT2D eigenvalue weighted by atomic mass is 32.2. The SMILES string of the molecule is CCCCCSCCc1ccccc1N. The van der Waals surface area contributed by atoms with E-state index in [0.717, 1.165) is 12.1 Å². The largest absolute Gasteiger partial charge is 0.399 e. The standard InChI is InChI=1S/C13H21NS/c1-2-3-6-10-15-11-9-12-7-4-5-8-13(12)14/h4-5,7-8H,2-3,6,9-11,14H2,1H3. The predicted molar refractivity (Wildman–Crippen MR) is 71.4 cm³/mol. The van der Waals surface area contributed by atoms with Gasteiger partial charge in [0.05, 0.1) is 0 Å². The molecule has 0 aromatic heterocycles. The molecule has 1 aromatic carbocycles. The second kappa shape index (κ2) is 7.63. The second-order valence-corrected chi connectivity index (χ2v) is 4.99. The molecule has 15 heavy (non-hydrogen) atoms. The van der Waals surface area contributed by atoms with Gasteiger partial charge in [-0.1, -0.05) is 38.0 Å². The molecular formula is C13H21NS. The number of anilines is 1. The number of hydrogen-bond donors (Lipinski definition) is 1. The topological polar surface area (TPSA) is 26.0 Å². The van der Waals surface area contributed by atoms with Gasteiger partial charge in [0.1, 0.15) is 0 Å². The summed E-state index contributed by atoms with van der Waals surface area (Å²) in [5, 5.41) is 0. The Kier molecular flexibility index (Phi) is 6.33. The molecule has 0 bridgehead atoms. The van der Waals surface area contributed by atoms with Crippen LogP contribution in [0.25, 0.3) is 0 Å². The Hall–Kier alpha value is -0.630. The molecule has 0 spiro atoms. The highest BCUT2D eigenvalue weighted by Crippen LogP contribution is 2.14. The van der Waals surface area contributed by atoms with Gasteiger partial charge in [-0.2, -0.15) is 11.8 Å². The fourth-order valence-electron chi connectivity index (χ4n) is 1.50. The van der Waals surface area contributed by atoms with Crippen molar-refractivity contribution in [2.45, 2.75) is 32.6 Å². The molecule has 0 amide bonds. The van der Waals surface area contributed by atoms with E-state index in [4.69, 9.17) is 5.73 Å². The lowest BCUT2D eigenvalue weighted by Gasteiger charge is -2.04. The van der Waals surface area contributed by atoms with E-state index in [1.165, 1.54) is 36.3 Å². The quantitative estimate of drug-likeness (QED) is 0.563. The minimum absolute atomic E-state index is 0.937. The van der Waals surface area contributed by atoms with Crippen molar-refractivity contribution in [2.24, 2.45) is 0 Å². The summed E-state index contributed by atoms with van der Waals surface area (Å²) in [5.41, 5.74) is 8.10. The van der Waals surface area contributed by atoms with E-state index >= 15 is 0 Å². The Balaban J connectivity index is 2.12. The summed E-state index contributed by atoms with van der Waals surface area (Å²) in [7, 11) is 0. The van der Waals surface area contributed by atoms with Crippen LogP contribution in [0.3, 0.4) is 0 Å². The molecule has 0 aliphatic heterocycles. The van der Waals surface area contributed by atoms with Crippen molar-refractivity contribution in [1.29, 1.82) is 0 Å². The molecule has 84 valence electrons. The van der Waals surface area contributed by atoms with Crippen molar-refractivity contribution in [3.8, 4) is 0 Å². The molecule has 0 aliphatic rings. The van der Waals surface area contributed by atoms with Gasteiger partial charge in [-0.25, -0.2) is 0 Å². The number of thioether (sulfide) groups is 1. The van der Waals surface area contributed by atoms with E-state index in [1.807, 2.05) is 23.9 Å². The number of para-hydroxylation sites is 1. The molecule has 0 heterocycles. The van der Waals surface area contributed by atoms with Gasteiger partial charge in [-0.15, -0.1) is 0 Å². The molecule has 2 N–H and O–H groups in total. The van der Waals surface area contributed by atoms with E-state index < -0.39 is 0 Å². The summed E-state index contributed by atoms with van der Waals surface area (Å²) < 4.78 is 0. The van der Waals surface area contributed by atoms with Crippen molar-refractivity contribution in [3.63, 3.8) is 0 Å². The van der Waals surface area contributed by atoms with Crippen LogP contribution in [-0.4, -0.2) is 11.5 Å². The van der Waals surface area contributed by atoms with Crippen LogP contribution in [0.1, 0.15) is 31.7 Å². The highest BCUT2D eigenvalue weighted by molar-refractivity contribution is 7.99. The minimum atomic E-state index is 0.937. The van der Waals surface area contributed by atoms with Gasteiger partial charge in [0, 0.05) is 5.69 Å². The summed E-state index contributed by atoms with van der Waals surface area (Å²) in [4.78, 5) is 0. The van der Waals surface area contributed by atoms with E-state index in [0.29, 0.717) is 0 Å². The molecule has 2 heteroatoms. The van der Waals surface area contributed by atoms with E-state index in [1.54, 1.807) is 0 Å². The number of benzene rings is 1.